The predicted molar refractivity (Wildman–Crippen MR) is 150 cm³/mol. The number of benzene rings is 3. The maximum absolute atomic E-state index is 13.6. The minimum Gasteiger partial charge on any atom is -0.321 e. The van der Waals surface area contributed by atoms with Gasteiger partial charge in [0.25, 0.3) is 5.56 Å². The summed E-state index contributed by atoms with van der Waals surface area (Å²) in [6.45, 7) is 2.88. The fourth-order valence-corrected chi connectivity index (χ4v) is 5.56. The third-order valence-corrected chi connectivity index (χ3v) is 7.25. The van der Waals surface area contributed by atoms with Gasteiger partial charge in [0.05, 0.1) is 22.3 Å². The molecular weight excluding hydrogens is 546 g/mol. The Kier molecular flexibility index (Phi) is 5.80. The zero-order chi connectivity index (χ0) is 26.6. The molecule has 1 aliphatic heterocycles. The molecule has 0 saturated carbocycles. The highest BCUT2D eigenvalue weighted by molar-refractivity contribution is 9.10. The van der Waals surface area contributed by atoms with E-state index in [2.05, 4.69) is 26.0 Å². The van der Waals surface area contributed by atoms with E-state index < -0.39 is 6.04 Å². The number of hydrogen-bond acceptors (Lipinski definition) is 5. The Morgan fingerprint density at radius 3 is 2.42 bits per heavy atom. The molecule has 1 aliphatic rings. The molecule has 1 atom stereocenters. The smallest absolute Gasteiger partial charge is 0.258 e. The fourth-order valence-electron chi connectivity index (χ4n) is 5.20. The lowest BCUT2D eigenvalue weighted by atomic mass is 9.92. The van der Waals surface area contributed by atoms with Gasteiger partial charge in [0.1, 0.15) is 11.9 Å². The number of rotatable bonds is 3. The molecule has 0 saturated heterocycles. The molecule has 0 unspecified atom stereocenters. The largest absolute Gasteiger partial charge is 0.321 e. The first kappa shape index (κ1) is 24.0. The van der Waals surface area contributed by atoms with Crippen LogP contribution < -0.4 is 5.56 Å². The molecule has 0 aliphatic carbocycles. The summed E-state index contributed by atoms with van der Waals surface area (Å²) in [7, 11) is 0. The first-order chi connectivity index (χ1) is 18.3. The molecule has 188 valence electrons. The number of para-hydroxylation sites is 2. The van der Waals surface area contributed by atoms with Gasteiger partial charge in [-0.05, 0) is 35.9 Å². The van der Waals surface area contributed by atoms with Crippen molar-refractivity contribution >= 4 is 55.4 Å². The van der Waals surface area contributed by atoms with Crippen molar-refractivity contribution in [2.24, 2.45) is 5.10 Å². The average Bonchev–Trinajstić information content (AvgIpc) is 3.51. The number of fused-ring (bicyclic) bond motifs is 2. The number of aromatic amines is 1. The lowest BCUT2D eigenvalue weighted by Crippen LogP contribution is -2.28. The predicted octanol–water partition coefficient (Wildman–Crippen LogP) is 5.67. The molecule has 38 heavy (non-hydrogen) atoms. The van der Waals surface area contributed by atoms with E-state index in [0.29, 0.717) is 33.6 Å². The summed E-state index contributed by atoms with van der Waals surface area (Å²) in [6, 6.07) is 22.0. The molecule has 0 spiro atoms. The first-order valence-corrected chi connectivity index (χ1v) is 12.9. The third-order valence-electron chi connectivity index (χ3n) is 6.76. The minimum absolute atomic E-state index is 0.218. The highest BCUT2D eigenvalue weighted by Crippen LogP contribution is 2.38. The summed E-state index contributed by atoms with van der Waals surface area (Å²) >= 11 is 3.55. The molecule has 5 aromatic rings. The maximum Gasteiger partial charge on any atom is 0.258 e. The summed E-state index contributed by atoms with van der Waals surface area (Å²) in [5, 5.41) is 6.84. The molecule has 0 radical (unpaired) electrons. The minimum atomic E-state index is -0.653. The monoisotopic (exact) mass is 567 g/mol. The van der Waals surface area contributed by atoms with Crippen LogP contribution >= 0.6 is 15.9 Å². The van der Waals surface area contributed by atoms with E-state index >= 15 is 0 Å². The van der Waals surface area contributed by atoms with Crippen LogP contribution in [-0.2, 0) is 4.79 Å². The van der Waals surface area contributed by atoms with Crippen LogP contribution in [-0.4, -0.2) is 37.1 Å². The standard InChI is InChI=1S/C29H22BrN5O3/c1-16(36)34-24-11-7-6-10-22(24)31-28(34)25-15-23(33-35(25)17(2)37)27-26(18-8-4-3-5-9-18)20-14-19(30)12-13-21(20)32-29(27)38/h3-14,25H,15H2,1-2H3,(H,32,38)/t25-/m1/s1. The number of carbonyl (C=O) groups excluding carboxylic acids is 2. The number of hydrazone groups is 1. The Labute approximate surface area is 225 Å². The maximum atomic E-state index is 13.6. The molecule has 1 amide bonds. The Balaban J connectivity index is 1.58. The van der Waals surface area contributed by atoms with Gasteiger partial charge >= 0.3 is 0 Å². The molecule has 3 heterocycles. The van der Waals surface area contributed by atoms with Crippen molar-refractivity contribution in [1.29, 1.82) is 0 Å². The lowest BCUT2D eigenvalue weighted by Gasteiger charge is -2.20. The Hall–Kier alpha value is -4.37. The van der Waals surface area contributed by atoms with E-state index in [4.69, 9.17) is 4.98 Å². The van der Waals surface area contributed by atoms with E-state index in [1.807, 2.05) is 72.8 Å². The van der Waals surface area contributed by atoms with Gasteiger partial charge in [0.15, 0.2) is 0 Å². The Morgan fingerprint density at radius 2 is 1.68 bits per heavy atom. The van der Waals surface area contributed by atoms with Crippen molar-refractivity contribution in [3.05, 3.63) is 99.0 Å². The first-order valence-electron chi connectivity index (χ1n) is 12.1. The summed E-state index contributed by atoms with van der Waals surface area (Å²) in [5.74, 6) is -0.119. The number of aromatic nitrogens is 3. The molecule has 8 nitrogen and oxygen atoms in total. The van der Waals surface area contributed by atoms with Crippen molar-refractivity contribution in [1.82, 2.24) is 19.5 Å². The van der Waals surface area contributed by atoms with E-state index in [0.717, 1.165) is 21.0 Å². The van der Waals surface area contributed by atoms with Gasteiger partial charge in [-0.15, -0.1) is 0 Å². The van der Waals surface area contributed by atoms with Crippen LogP contribution in [0.3, 0.4) is 0 Å². The average molecular weight is 568 g/mol. The Bertz CT molecular complexity index is 1860. The molecule has 0 fully saturated rings. The van der Waals surface area contributed by atoms with Crippen molar-refractivity contribution in [3.8, 4) is 11.1 Å². The summed E-state index contributed by atoms with van der Waals surface area (Å²) in [4.78, 5) is 46.8. The number of nitrogens with one attached hydrogen (secondary N) is 1. The zero-order valence-corrected chi connectivity index (χ0v) is 22.2. The lowest BCUT2D eigenvalue weighted by molar-refractivity contribution is -0.130. The fraction of sp³-hybridized carbons (Fsp3) is 0.138. The summed E-state index contributed by atoms with van der Waals surface area (Å²) in [5.41, 5.74) is 4.12. The van der Waals surface area contributed by atoms with Gasteiger partial charge in [0, 0.05) is 41.2 Å². The number of nitrogens with zero attached hydrogens (tertiary/aromatic N) is 4. The highest BCUT2D eigenvalue weighted by Gasteiger charge is 2.37. The second-order valence-electron chi connectivity index (χ2n) is 9.20. The summed E-state index contributed by atoms with van der Waals surface area (Å²) in [6.07, 6.45) is 0.221. The van der Waals surface area contributed by atoms with Crippen LogP contribution in [0.5, 0.6) is 0 Å². The van der Waals surface area contributed by atoms with Gasteiger partial charge in [0.2, 0.25) is 11.8 Å². The molecule has 2 aromatic heterocycles. The molecule has 0 bridgehead atoms. The SMILES string of the molecule is CC(=O)N1N=C(c2c(-c3ccccc3)c3cc(Br)ccc3[nH]c2=O)C[C@@H]1c1nc2ccccc2n1C(C)=O. The summed E-state index contributed by atoms with van der Waals surface area (Å²) < 4.78 is 2.39. The molecule has 9 heteroatoms. The number of halogens is 1. The van der Waals surface area contributed by atoms with Gasteiger partial charge in [-0.3, -0.25) is 19.0 Å². The quantitative estimate of drug-likeness (QED) is 0.303. The topological polar surface area (TPSA) is 100 Å². The van der Waals surface area contributed by atoms with Crippen molar-refractivity contribution in [3.63, 3.8) is 0 Å². The van der Waals surface area contributed by atoms with Gasteiger partial charge in [-0.1, -0.05) is 58.4 Å². The molecular formula is C29H22BrN5O3. The van der Waals surface area contributed by atoms with Gasteiger partial charge < -0.3 is 4.98 Å². The number of imidazole rings is 1. The second kappa shape index (κ2) is 9.18. The van der Waals surface area contributed by atoms with E-state index in [9.17, 15) is 14.4 Å². The number of H-pyrrole nitrogens is 1. The van der Waals surface area contributed by atoms with E-state index in [1.165, 1.54) is 23.4 Å². The zero-order valence-electron chi connectivity index (χ0n) is 20.6. The van der Waals surface area contributed by atoms with Crippen LogP contribution in [0.15, 0.2) is 87.2 Å². The normalized spacial score (nSPS) is 15.3. The van der Waals surface area contributed by atoms with E-state index in [1.54, 1.807) is 0 Å². The van der Waals surface area contributed by atoms with Gasteiger partial charge in [-0.25, -0.2) is 9.99 Å². The van der Waals surface area contributed by atoms with Gasteiger partial charge in [-0.2, -0.15) is 5.10 Å². The van der Waals surface area contributed by atoms with Crippen LogP contribution in [0, 0.1) is 0 Å². The number of carbonyl (C=O) groups is 2. The van der Waals surface area contributed by atoms with E-state index in [-0.39, 0.29) is 23.8 Å². The van der Waals surface area contributed by atoms with Crippen LogP contribution in [0.2, 0.25) is 0 Å². The molecule has 1 N–H and O–H groups in total. The molecule has 6 rings (SSSR count). The van der Waals surface area contributed by atoms with Crippen molar-refractivity contribution in [2.75, 3.05) is 0 Å². The van der Waals surface area contributed by atoms with Crippen LogP contribution in [0.25, 0.3) is 33.1 Å². The van der Waals surface area contributed by atoms with Crippen molar-refractivity contribution < 1.29 is 9.59 Å². The number of pyridine rings is 1. The molecule has 3 aromatic carbocycles. The Morgan fingerprint density at radius 1 is 0.947 bits per heavy atom. The van der Waals surface area contributed by atoms with Crippen molar-refractivity contribution in [2.45, 2.75) is 26.3 Å². The van der Waals surface area contributed by atoms with Crippen LogP contribution in [0.4, 0.5) is 0 Å². The number of amides is 1. The third kappa shape index (κ3) is 3.86. The second-order valence-corrected chi connectivity index (χ2v) is 10.1. The highest BCUT2D eigenvalue weighted by atomic mass is 79.9. The number of hydrogen-bond donors (Lipinski definition) is 1. The van der Waals surface area contributed by atoms with Crippen LogP contribution in [0.1, 0.15) is 42.5 Å².